The number of hydrogen-bond donors (Lipinski definition) is 2. The fourth-order valence-electron chi connectivity index (χ4n) is 3.05. The maximum absolute atomic E-state index is 12.3. The van der Waals surface area contributed by atoms with Crippen LogP contribution < -0.4 is 24.8 Å². The number of methoxy groups -OCH3 is 2. The summed E-state index contributed by atoms with van der Waals surface area (Å²) in [6, 6.07) is 7.25. The van der Waals surface area contributed by atoms with Gasteiger partial charge in [0.15, 0.2) is 0 Å². The maximum atomic E-state index is 12.3. The highest BCUT2D eigenvalue weighted by Crippen LogP contribution is 2.26. The second kappa shape index (κ2) is 9.07. The molecule has 1 heterocycles. The summed E-state index contributed by atoms with van der Waals surface area (Å²) in [6.45, 7) is 0. The molecular formula is C19H24N4O4. The van der Waals surface area contributed by atoms with Crippen molar-refractivity contribution in [2.24, 2.45) is 0 Å². The SMILES string of the molecule is COc1cc(NC(=O)NC2CCC(Oc3ncccn3)CC2)cc(OC)c1. The number of nitrogens with zero attached hydrogens (tertiary/aromatic N) is 2. The van der Waals surface area contributed by atoms with Gasteiger partial charge in [0.25, 0.3) is 0 Å². The predicted octanol–water partition coefficient (Wildman–Crippen LogP) is 3.01. The lowest BCUT2D eigenvalue weighted by atomic mass is 9.93. The first-order valence-corrected chi connectivity index (χ1v) is 8.90. The number of carbonyl (C=O) groups excluding carboxylic acids is 1. The topological polar surface area (TPSA) is 94.6 Å². The summed E-state index contributed by atoms with van der Waals surface area (Å²) in [5.74, 6) is 1.23. The van der Waals surface area contributed by atoms with Crippen molar-refractivity contribution >= 4 is 11.7 Å². The maximum Gasteiger partial charge on any atom is 0.319 e. The van der Waals surface area contributed by atoms with Gasteiger partial charge in [-0.1, -0.05) is 0 Å². The molecule has 1 fully saturated rings. The Kier molecular flexibility index (Phi) is 6.30. The summed E-state index contributed by atoms with van der Waals surface area (Å²) in [5.41, 5.74) is 0.613. The van der Waals surface area contributed by atoms with E-state index < -0.39 is 0 Å². The van der Waals surface area contributed by atoms with E-state index in [0.29, 0.717) is 23.2 Å². The Hall–Kier alpha value is -3.03. The van der Waals surface area contributed by atoms with Gasteiger partial charge in [-0.05, 0) is 31.7 Å². The molecule has 1 aromatic carbocycles. The van der Waals surface area contributed by atoms with Crippen LogP contribution in [0.1, 0.15) is 25.7 Å². The van der Waals surface area contributed by atoms with Crippen molar-refractivity contribution in [3.63, 3.8) is 0 Å². The highest BCUT2D eigenvalue weighted by atomic mass is 16.5. The van der Waals surface area contributed by atoms with Crippen LogP contribution in [-0.4, -0.2) is 42.4 Å². The van der Waals surface area contributed by atoms with Crippen molar-refractivity contribution in [2.45, 2.75) is 37.8 Å². The number of anilines is 1. The lowest BCUT2D eigenvalue weighted by molar-refractivity contribution is 0.129. The summed E-state index contributed by atoms with van der Waals surface area (Å²) in [6.07, 6.45) is 6.77. The molecule has 0 saturated heterocycles. The second-order valence-corrected chi connectivity index (χ2v) is 6.32. The minimum absolute atomic E-state index is 0.0798. The van der Waals surface area contributed by atoms with E-state index in [9.17, 15) is 4.79 Å². The minimum Gasteiger partial charge on any atom is -0.497 e. The molecule has 3 rings (SSSR count). The standard InChI is InChI=1S/C19H24N4O4/c1-25-16-10-14(11-17(12-16)26-2)23-18(24)22-13-4-6-15(7-5-13)27-19-20-8-3-9-21-19/h3,8-13,15H,4-7H2,1-2H3,(H2,22,23,24). The Labute approximate surface area is 158 Å². The van der Waals surface area contributed by atoms with E-state index in [4.69, 9.17) is 14.2 Å². The number of amides is 2. The summed E-state index contributed by atoms with van der Waals surface area (Å²) < 4.78 is 16.2. The molecule has 144 valence electrons. The van der Waals surface area contributed by atoms with Crippen molar-refractivity contribution in [3.05, 3.63) is 36.7 Å². The van der Waals surface area contributed by atoms with Crippen LogP contribution in [0.3, 0.4) is 0 Å². The molecule has 8 nitrogen and oxygen atoms in total. The lowest BCUT2D eigenvalue weighted by Gasteiger charge is -2.28. The molecular weight excluding hydrogens is 348 g/mol. The lowest BCUT2D eigenvalue weighted by Crippen LogP contribution is -2.41. The van der Waals surface area contributed by atoms with Gasteiger partial charge < -0.3 is 24.8 Å². The smallest absolute Gasteiger partial charge is 0.319 e. The van der Waals surface area contributed by atoms with Crippen molar-refractivity contribution in [3.8, 4) is 17.5 Å². The monoisotopic (exact) mass is 372 g/mol. The van der Waals surface area contributed by atoms with E-state index in [1.807, 2.05) is 0 Å². The number of carbonyl (C=O) groups is 1. The first kappa shape index (κ1) is 18.8. The van der Waals surface area contributed by atoms with Crippen LogP contribution in [0.25, 0.3) is 0 Å². The van der Waals surface area contributed by atoms with Gasteiger partial charge in [0.1, 0.15) is 17.6 Å². The highest BCUT2D eigenvalue weighted by molar-refractivity contribution is 5.90. The van der Waals surface area contributed by atoms with E-state index in [0.717, 1.165) is 25.7 Å². The molecule has 1 aliphatic rings. The van der Waals surface area contributed by atoms with Crippen LogP contribution >= 0.6 is 0 Å². The number of urea groups is 1. The predicted molar refractivity (Wildman–Crippen MR) is 100 cm³/mol. The molecule has 1 saturated carbocycles. The first-order chi connectivity index (χ1) is 13.2. The third kappa shape index (κ3) is 5.47. The average molecular weight is 372 g/mol. The molecule has 1 aliphatic carbocycles. The Morgan fingerprint density at radius 1 is 1.00 bits per heavy atom. The molecule has 1 aromatic heterocycles. The van der Waals surface area contributed by atoms with Crippen LogP contribution in [0.4, 0.5) is 10.5 Å². The van der Waals surface area contributed by atoms with Gasteiger partial charge in [-0.3, -0.25) is 0 Å². The third-order valence-electron chi connectivity index (χ3n) is 4.43. The number of ether oxygens (including phenoxy) is 3. The van der Waals surface area contributed by atoms with Crippen LogP contribution in [0.15, 0.2) is 36.7 Å². The molecule has 0 atom stereocenters. The summed E-state index contributed by atoms with van der Waals surface area (Å²) >= 11 is 0. The summed E-state index contributed by atoms with van der Waals surface area (Å²) in [5, 5.41) is 5.84. The van der Waals surface area contributed by atoms with Crippen LogP contribution in [0.5, 0.6) is 17.5 Å². The van der Waals surface area contributed by atoms with Gasteiger partial charge in [-0.2, -0.15) is 0 Å². The van der Waals surface area contributed by atoms with Gasteiger partial charge >= 0.3 is 12.0 Å². The van der Waals surface area contributed by atoms with Crippen molar-refractivity contribution in [1.82, 2.24) is 15.3 Å². The Balaban J connectivity index is 1.47. The van der Waals surface area contributed by atoms with Gasteiger partial charge in [0.05, 0.1) is 14.2 Å². The molecule has 0 spiro atoms. The fraction of sp³-hybridized carbons (Fsp3) is 0.421. The molecule has 27 heavy (non-hydrogen) atoms. The van der Waals surface area contributed by atoms with Gasteiger partial charge in [-0.15, -0.1) is 0 Å². The van der Waals surface area contributed by atoms with Gasteiger partial charge in [0.2, 0.25) is 0 Å². The molecule has 2 amide bonds. The van der Waals surface area contributed by atoms with Crippen molar-refractivity contribution in [1.29, 1.82) is 0 Å². The van der Waals surface area contributed by atoms with E-state index in [1.54, 1.807) is 50.9 Å². The first-order valence-electron chi connectivity index (χ1n) is 8.90. The largest absolute Gasteiger partial charge is 0.497 e. The van der Waals surface area contributed by atoms with E-state index >= 15 is 0 Å². The zero-order valence-electron chi connectivity index (χ0n) is 15.5. The van der Waals surface area contributed by atoms with E-state index in [1.165, 1.54) is 0 Å². The average Bonchev–Trinajstić information content (AvgIpc) is 2.70. The molecule has 2 N–H and O–H groups in total. The van der Waals surface area contributed by atoms with Crippen LogP contribution in [0, 0.1) is 0 Å². The number of benzene rings is 1. The second-order valence-electron chi connectivity index (χ2n) is 6.32. The Bertz CT molecular complexity index is 726. The number of hydrogen-bond acceptors (Lipinski definition) is 6. The number of nitrogens with one attached hydrogen (secondary N) is 2. The normalized spacial score (nSPS) is 19.0. The third-order valence-corrected chi connectivity index (χ3v) is 4.43. The number of rotatable bonds is 6. The zero-order chi connectivity index (χ0) is 19.1. The highest BCUT2D eigenvalue weighted by Gasteiger charge is 2.24. The molecule has 8 heteroatoms. The number of aromatic nitrogens is 2. The summed E-state index contributed by atoms with van der Waals surface area (Å²) in [4.78, 5) is 20.5. The van der Waals surface area contributed by atoms with Gasteiger partial charge in [0, 0.05) is 42.3 Å². The van der Waals surface area contributed by atoms with E-state index in [2.05, 4.69) is 20.6 Å². The van der Waals surface area contributed by atoms with Crippen molar-refractivity contribution < 1.29 is 19.0 Å². The van der Waals surface area contributed by atoms with Crippen LogP contribution in [-0.2, 0) is 0 Å². The fourth-order valence-corrected chi connectivity index (χ4v) is 3.05. The molecule has 0 radical (unpaired) electrons. The molecule has 2 aromatic rings. The van der Waals surface area contributed by atoms with E-state index in [-0.39, 0.29) is 18.2 Å². The molecule has 0 aliphatic heterocycles. The Morgan fingerprint density at radius 2 is 1.63 bits per heavy atom. The molecule has 0 unspecified atom stereocenters. The zero-order valence-corrected chi connectivity index (χ0v) is 15.5. The summed E-state index contributed by atoms with van der Waals surface area (Å²) in [7, 11) is 3.14. The quantitative estimate of drug-likeness (QED) is 0.809. The molecule has 0 bridgehead atoms. The van der Waals surface area contributed by atoms with Crippen LogP contribution in [0.2, 0.25) is 0 Å². The minimum atomic E-state index is -0.249. The van der Waals surface area contributed by atoms with Crippen molar-refractivity contribution in [2.75, 3.05) is 19.5 Å². The Morgan fingerprint density at radius 3 is 2.22 bits per heavy atom. The van der Waals surface area contributed by atoms with Gasteiger partial charge in [-0.25, -0.2) is 14.8 Å².